The van der Waals surface area contributed by atoms with Crippen molar-refractivity contribution in [1.82, 2.24) is 0 Å². The van der Waals surface area contributed by atoms with E-state index in [0.29, 0.717) is 0 Å². The summed E-state index contributed by atoms with van der Waals surface area (Å²) in [6.45, 7) is 0. The molecule has 0 atom stereocenters. The molecule has 0 aliphatic rings. The number of pyridine rings is 1. The molecule has 82 valence electrons. The Labute approximate surface area is 96.8 Å². The zero-order valence-electron chi connectivity index (χ0n) is 10.0. The van der Waals surface area contributed by atoms with E-state index in [2.05, 4.69) is 73.2 Å². The number of hydrogen-bond acceptors (Lipinski definition) is 1. The molecule has 2 heteroatoms. The molecule has 16 heavy (non-hydrogen) atoms. The van der Waals surface area contributed by atoms with Crippen LogP contribution in [0.25, 0.3) is 11.3 Å². The molecular formula is C14H17N2+. The molecule has 2 nitrogen and oxygen atoms in total. The van der Waals surface area contributed by atoms with Crippen LogP contribution in [0.1, 0.15) is 0 Å². The van der Waals surface area contributed by atoms with Crippen LogP contribution in [0.2, 0.25) is 0 Å². The molecular weight excluding hydrogens is 196 g/mol. The lowest BCUT2D eigenvalue weighted by Crippen LogP contribution is -2.29. The van der Waals surface area contributed by atoms with Gasteiger partial charge in [0.25, 0.3) is 0 Å². The van der Waals surface area contributed by atoms with Gasteiger partial charge in [0.2, 0.25) is 5.69 Å². The first-order valence-corrected chi connectivity index (χ1v) is 5.41. The first-order valence-electron chi connectivity index (χ1n) is 5.41. The summed E-state index contributed by atoms with van der Waals surface area (Å²) in [4.78, 5) is 2.11. The Hall–Kier alpha value is -1.83. The van der Waals surface area contributed by atoms with E-state index >= 15 is 0 Å². The summed E-state index contributed by atoms with van der Waals surface area (Å²) in [6, 6.07) is 14.8. The molecule has 0 amide bonds. The molecule has 0 radical (unpaired) electrons. The van der Waals surface area contributed by atoms with Gasteiger partial charge in [-0.3, -0.25) is 0 Å². The summed E-state index contributed by atoms with van der Waals surface area (Å²) in [5.41, 5.74) is 3.70. The summed E-state index contributed by atoms with van der Waals surface area (Å²) < 4.78 is 2.13. The molecule has 0 fully saturated rings. The van der Waals surface area contributed by atoms with Crippen LogP contribution in [0.4, 0.5) is 5.69 Å². The normalized spacial score (nSPS) is 10.2. The van der Waals surface area contributed by atoms with Crippen LogP contribution < -0.4 is 9.47 Å². The molecule has 0 N–H and O–H groups in total. The van der Waals surface area contributed by atoms with Crippen LogP contribution >= 0.6 is 0 Å². The van der Waals surface area contributed by atoms with E-state index in [1.807, 2.05) is 6.07 Å². The maximum absolute atomic E-state index is 2.16. The quantitative estimate of drug-likeness (QED) is 0.694. The van der Waals surface area contributed by atoms with Gasteiger partial charge in [0, 0.05) is 37.5 Å². The molecule has 1 aromatic heterocycles. The van der Waals surface area contributed by atoms with Crippen LogP contribution in [0.5, 0.6) is 0 Å². The third-order valence-corrected chi connectivity index (χ3v) is 2.73. The molecule has 1 aromatic carbocycles. The van der Waals surface area contributed by atoms with Crippen molar-refractivity contribution in [2.45, 2.75) is 0 Å². The van der Waals surface area contributed by atoms with Gasteiger partial charge in [0.05, 0.1) is 0 Å². The average Bonchev–Trinajstić information content (AvgIpc) is 2.30. The lowest BCUT2D eigenvalue weighted by atomic mass is 10.1. The summed E-state index contributed by atoms with van der Waals surface area (Å²) in [7, 11) is 6.17. The average molecular weight is 213 g/mol. The molecule has 0 spiro atoms. The summed E-state index contributed by atoms with van der Waals surface area (Å²) in [6.07, 6.45) is 2.06. The highest BCUT2D eigenvalue weighted by Gasteiger charge is 2.07. The van der Waals surface area contributed by atoms with Gasteiger partial charge in [-0.15, -0.1) is 0 Å². The lowest BCUT2D eigenvalue weighted by Gasteiger charge is -2.12. The molecule has 0 bridgehead atoms. The fraction of sp³-hybridized carbons (Fsp3) is 0.214. The van der Waals surface area contributed by atoms with Gasteiger partial charge >= 0.3 is 0 Å². The van der Waals surface area contributed by atoms with Crippen molar-refractivity contribution in [2.24, 2.45) is 7.05 Å². The highest BCUT2D eigenvalue weighted by atomic mass is 15.1. The van der Waals surface area contributed by atoms with Crippen LogP contribution in [0, 0.1) is 0 Å². The minimum atomic E-state index is 1.22. The predicted octanol–water partition coefficient (Wildman–Crippen LogP) is 2.24. The third kappa shape index (κ3) is 2.06. The van der Waals surface area contributed by atoms with Crippen molar-refractivity contribution >= 4 is 5.69 Å². The first kappa shape index (κ1) is 10.7. The van der Waals surface area contributed by atoms with E-state index in [1.165, 1.54) is 16.9 Å². The van der Waals surface area contributed by atoms with Gasteiger partial charge in [-0.25, -0.2) is 4.57 Å². The highest BCUT2D eigenvalue weighted by molar-refractivity contribution is 5.60. The third-order valence-electron chi connectivity index (χ3n) is 2.73. The van der Waals surface area contributed by atoms with Crippen molar-refractivity contribution in [3.05, 3.63) is 48.7 Å². The molecule has 0 saturated carbocycles. The van der Waals surface area contributed by atoms with Crippen LogP contribution in [-0.4, -0.2) is 14.1 Å². The summed E-state index contributed by atoms with van der Waals surface area (Å²) in [5, 5.41) is 0. The number of aryl methyl sites for hydroxylation is 1. The van der Waals surface area contributed by atoms with Crippen LogP contribution in [-0.2, 0) is 7.05 Å². The largest absolute Gasteiger partial charge is 0.378 e. The molecule has 0 aliphatic carbocycles. The fourth-order valence-corrected chi connectivity index (χ4v) is 1.75. The first-order chi connectivity index (χ1) is 7.68. The number of benzene rings is 1. The number of aromatic nitrogens is 1. The molecule has 2 aromatic rings. The van der Waals surface area contributed by atoms with Crippen molar-refractivity contribution < 1.29 is 4.57 Å². The predicted molar refractivity (Wildman–Crippen MR) is 67.4 cm³/mol. The smallest absolute Gasteiger partial charge is 0.212 e. The maximum Gasteiger partial charge on any atom is 0.212 e. The van der Waals surface area contributed by atoms with E-state index in [9.17, 15) is 0 Å². The van der Waals surface area contributed by atoms with Gasteiger partial charge in [-0.2, -0.15) is 0 Å². The van der Waals surface area contributed by atoms with Gasteiger partial charge in [0.1, 0.15) is 7.05 Å². The second-order valence-corrected chi connectivity index (χ2v) is 4.14. The topological polar surface area (TPSA) is 7.12 Å². The van der Waals surface area contributed by atoms with Gasteiger partial charge in [-0.1, -0.05) is 0 Å². The fourth-order valence-electron chi connectivity index (χ4n) is 1.75. The zero-order valence-corrected chi connectivity index (χ0v) is 10.0. The van der Waals surface area contributed by atoms with E-state index in [0.717, 1.165) is 0 Å². The second-order valence-electron chi connectivity index (χ2n) is 4.14. The molecule has 2 rings (SSSR count). The minimum absolute atomic E-state index is 1.22. The SMILES string of the molecule is CN(C)c1ccc(-c2cccc[n+]2C)cc1. The van der Waals surface area contributed by atoms with Crippen molar-refractivity contribution in [1.29, 1.82) is 0 Å². The van der Waals surface area contributed by atoms with Gasteiger partial charge in [-0.05, 0) is 30.3 Å². The Morgan fingerprint density at radius 1 is 0.938 bits per heavy atom. The Morgan fingerprint density at radius 3 is 2.19 bits per heavy atom. The van der Waals surface area contributed by atoms with Crippen molar-refractivity contribution in [3.63, 3.8) is 0 Å². The summed E-state index contributed by atoms with van der Waals surface area (Å²) in [5.74, 6) is 0. The lowest BCUT2D eigenvalue weighted by molar-refractivity contribution is -0.660. The number of rotatable bonds is 2. The van der Waals surface area contributed by atoms with Gasteiger partial charge in [0.15, 0.2) is 6.20 Å². The molecule has 0 saturated heterocycles. The van der Waals surface area contributed by atoms with E-state index < -0.39 is 0 Å². The number of anilines is 1. The highest BCUT2D eigenvalue weighted by Crippen LogP contribution is 2.19. The number of hydrogen-bond donors (Lipinski definition) is 0. The molecule has 0 unspecified atom stereocenters. The van der Waals surface area contributed by atoms with E-state index in [1.54, 1.807) is 0 Å². The maximum atomic E-state index is 2.16. The molecule has 1 heterocycles. The Balaban J connectivity index is 2.39. The van der Waals surface area contributed by atoms with E-state index in [4.69, 9.17) is 0 Å². The standard InChI is InChI=1S/C14H17N2/c1-15(2)13-9-7-12(8-10-13)14-6-4-5-11-16(14)3/h4-11H,1-3H3/q+1. The Kier molecular flexibility index (Phi) is 2.91. The summed E-state index contributed by atoms with van der Waals surface area (Å²) >= 11 is 0. The second kappa shape index (κ2) is 4.35. The Morgan fingerprint density at radius 2 is 1.62 bits per heavy atom. The van der Waals surface area contributed by atoms with Crippen molar-refractivity contribution in [2.75, 3.05) is 19.0 Å². The monoisotopic (exact) mass is 213 g/mol. The molecule has 0 aliphatic heterocycles. The van der Waals surface area contributed by atoms with Crippen LogP contribution in [0.15, 0.2) is 48.7 Å². The number of nitrogens with zero attached hydrogens (tertiary/aromatic N) is 2. The Bertz CT molecular complexity index is 472. The van der Waals surface area contributed by atoms with Gasteiger partial charge < -0.3 is 4.90 Å². The van der Waals surface area contributed by atoms with Crippen LogP contribution in [0.3, 0.4) is 0 Å². The minimum Gasteiger partial charge on any atom is -0.378 e. The van der Waals surface area contributed by atoms with E-state index in [-0.39, 0.29) is 0 Å². The van der Waals surface area contributed by atoms with Crippen molar-refractivity contribution in [3.8, 4) is 11.3 Å². The zero-order chi connectivity index (χ0) is 11.5.